The fourth-order valence-electron chi connectivity index (χ4n) is 2.94. The number of hydrogen-bond donors (Lipinski definition) is 1. The molecule has 6 heteroatoms. The Bertz CT molecular complexity index is 750. The van der Waals surface area contributed by atoms with Gasteiger partial charge in [0.15, 0.2) is 0 Å². The summed E-state index contributed by atoms with van der Waals surface area (Å²) in [6.45, 7) is 1.15. The van der Waals surface area contributed by atoms with Crippen LogP contribution in [0.4, 0.5) is 0 Å². The number of aromatic nitrogens is 1. The minimum Gasteiger partial charge on any atom is -0.378 e. The number of rotatable bonds is 7. The molecule has 1 N–H and O–H groups in total. The molecule has 0 unspecified atom stereocenters. The molecule has 124 valence electrons. The fraction of sp³-hybridized carbons (Fsp3) is 0.471. The van der Waals surface area contributed by atoms with Crippen molar-refractivity contribution >= 4 is 20.9 Å². The number of fused-ring (bicyclic) bond motifs is 1. The van der Waals surface area contributed by atoms with Crippen molar-refractivity contribution in [3.63, 3.8) is 0 Å². The first-order chi connectivity index (χ1) is 11.1. The lowest BCUT2D eigenvalue weighted by molar-refractivity contribution is 0.109. The Labute approximate surface area is 137 Å². The van der Waals surface area contributed by atoms with Crippen LogP contribution >= 0.6 is 0 Å². The predicted octanol–water partition coefficient (Wildman–Crippen LogP) is 2.27. The van der Waals surface area contributed by atoms with Gasteiger partial charge in [0, 0.05) is 24.7 Å². The minimum absolute atomic E-state index is 0.105. The van der Waals surface area contributed by atoms with E-state index in [9.17, 15) is 8.42 Å². The van der Waals surface area contributed by atoms with Gasteiger partial charge in [-0.1, -0.05) is 24.3 Å². The average molecular weight is 334 g/mol. The number of sulfonamides is 1. The molecule has 1 aromatic carbocycles. The summed E-state index contributed by atoms with van der Waals surface area (Å²) in [5, 5.41) is 1.08. The van der Waals surface area contributed by atoms with E-state index in [1.165, 1.54) is 0 Å². The molecule has 1 aromatic heterocycles. The summed E-state index contributed by atoms with van der Waals surface area (Å²) in [6, 6.07) is 9.90. The van der Waals surface area contributed by atoms with Crippen LogP contribution in [-0.2, 0) is 21.2 Å². The highest BCUT2D eigenvalue weighted by Gasteiger charge is 2.19. The van der Waals surface area contributed by atoms with E-state index in [1.807, 2.05) is 30.3 Å². The minimum atomic E-state index is -3.24. The van der Waals surface area contributed by atoms with Crippen LogP contribution in [0.15, 0.2) is 36.5 Å². The van der Waals surface area contributed by atoms with Gasteiger partial charge in [-0.2, -0.15) is 0 Å². The summed E-state index contributed by atoms with van der Waals surface area (Å²) in [5.41, 5.74) is 2.00. The van der Waals surface area contributed by atoms with Crippen LogP contribution < -0.4 is 4.72 Å². The summed E-state index contributed by atoms with van der Waals surface area (Å²) in [6.07, 6.45) is 5.08. The second kappa shape index (κ2) is 7.38. The molecule has 5 nitrogen and oxygen atoms in total. The van der Waals surface area contributed by atoms with Gasteiger partial charge < -0.3 is 4.74 Å². The molecule has 1 saturated heterocycles. The zero-order valence-electron chi connectivity index (χ0n) is 13.1. The molecule has 1 aliphatic rings. The Morgan fingerprint density at radius 2 is 2.13 bits per heavy atom. The van der Waals surface area contributed by atoms with Gasteiger partial charge in [0.05, 0.1) is 17.4 Å². The topological polar surface area (TPSA) is 68.3 Å². The summed E-state index contributed by atoms with van der Waals surface area (Å²) in [5.74, 6) is 0.130. The van der Waals surface area contributed by atoms with E-state index in [-0.39, 0.29) is 11.9 Å². The highest BCUT2D eigenvalue weighted by molar-refractivity contribution is 7.89. The average Bonchev–Trinajstić information content (AvgIpc) is 3.07. The fourth-order valence-corrected chi connectivity index (χ4v) is 4.07. The number of hydrogen-bond acceptors (Lipinski definition) is 4. The van der Waals surface area contributed by atoms with E-state index in [1.54, 1.807) is 6.20 Å². The van der Waals surface area contributed by atoms with Crippen LogP contribution in [0.25, 0.3) is 10.9 Å². The van der Waals surface area contributed by atoms with Gasteiger partial charge in [-0.25, -0.2) is 13.1 Å². The monoisotopic (exact) mass is 334 g/mol. The van der Waals surface area contributed by atoms with Crippen molar-refractivity contribution < 1.29 is 13.2 Å². The Kier molecular flexibility index (Phi) is 5.25. The first kappa shape index (κ1) is 16.4. The number of pyridine rings is 1. The third-order valence-electron chi connectivity index (χ3n) is 4.17. The van der Waals surface area contributed by atoms with E-state index >= 15 is 0 Å². The van der Waals surface area contributed by atoms with Crippen molar-refractivity contribution in [3.05, 3.63) is 42.1 Å². The van der Waals surface area contributed by atoms with Crippen molar-refractivity contribution in [1.82, 2.24) is 9.71 Å². The van der Waals surface area contributed by atoms with E-state index in [2.05, 4.69) is 9.71 Å². The molecule has 1 atom stereocenters. The SMILES string of the molecule is O=S(=O)(CC[C@H]1CCCO1)NCCc1cccc2cccnc12. The number of benzene rings is 1. The van der Waals surface area contributed by atoms with E-state index in [4.69, 9.17) is 4.74 Å². The van der Waals surface area contributed by atoms with Gasteiger partial charge in [0.1, 0.15) is 0 Å². The first-order valence-electron chi connectivity index (χ1n) is 8.06. The molecule has 0 spiro atoms. The zero-order chi connectivity index (χ0) is 16.1. The lowest BCUT2D eigenvalue weighted by Crippen LogP contribution is -2.30. The number of nitrogens with one attached hydrogen (secondary N) is 1. The van der Waals surface area contributed by atoms with Gasteiger partial charge in [0.25, 0.3) is 0 Å². The second-order valence-electron chi connectivity index (χ2n) is 5.88. The van der Waals surface area contributed by atoms with Gasteiger partial charge in [-0.3, -0.25) is 4.98 Å². The Hall–Kier alpha value is -1.50. The first-order valence-corrected chi connectivity index (χ1v) is 9.71. The van der Waals surface area contributed by atoms with E-state index in [0.717, 1.165) is 35.9 Å². The van der Waals surface area contributed by atoms with Crippen molar-refractivity contribution in [2.75, 3.05) is 18.9 Å². The zero-order valence-corrected chi connectivity index (χ0v) is 13.9. The molecule has 0 aliphatic carbocycles. The summed E-state index contributed by atoms with van der Waals surface area (Å²) in [4.78, 5) is 4.39. The molecule has 0 radical (unpaired) electrons. The van der Waals surface area contributed by atoms with Crippen molar-refractivity contribution in [2.45, 2.75) is 31.8 Å². The van der Waals surface area contributed by atoms with Crippen molar-refractivity contribution in [1.29, 1.82) is 0 Å². The van der Waals surface area contributed by atoms with Gasteiger partial charge >= 0.3 is 0 Å². The molecule has 0 bridgehead atoms. The highest BCUT2D eigenvalue weighted by atomic mass is 32.2. The summed E-state index contributed by atoms with van der Waals surface area (Å²) in [7, 11) is -3.24. The smallest absolute Gasteiger partial charge is 0.211 e. The summed E-state index contributed by atoms with van der Waals surface area (Å²) < 4.78 is 32.3. The predicted molar refractivity (Wildman–Crippen MR) is 90.8 cm³/mol. The Balaban J connectivity index is 1.53. The quantitative estimate of drug-likeness (QED) is 0.843. The van der Waals surface area contributed by atoms with Crippen LogP contribution in [0.2, 0.25) is 0 Å². The van der Waals surface area contributed by atoms with Gasteiger partial charge in [-0.15, -0.1) is 0 Å². The van der Waals surface area contributed by atoms with Crippen LogP contribution in [0.5, 0.6) is 0 Å². The maximum atomic E-state index is 12.1. The third-order valence-corrected chi connectivity index (χ3v) is 5.58. The van der Waals surface area contributed by atoms with Crippen LogP contribution in [0.1, 0.15) is 24.8 Å². The number of para-hydroxylation sites is 1. The second-order valence-corrected chi connectivity index (χ2v) is 7.81. The molecular weight excluding hydrogens is 312 g/mol. The maximum Gasteiger partial charge on any atom is 0.211 e. The van der Waals surface area contributed by atoms with Crippen LogP contribution in [-0.4, -0.2) is 38.4 Å². The highest BCUT2D eigenvalue weighted by Crippen LogP contribution is 2.17. The molecule has 2 heterocycles. The van der Waals surface area contributed by atoms with Crippen molar-refractivity contribution in [2.24, 2.45) is 0 Å². The Morgan fingerprint density at radius 3 is 2.96 bits per heavy atom. The normalized spacial score (nSPS) is 18.5. The van der Waals surface area contributed by atoms with Crippen LogP contribution in [0, 0.1) is 0 Å². The Morgan fingerprint density at radius 1 is 1.26 bits per heavy atom. The molecule has 0 saturated carbocycles. The standard InChI is InChI=1S/C17H22N2O3S/c20-23(21,13-9-16-7-3-12-22-16)19-11-8-15-5-1-4-14-6-2-10-18-17(14)15/h1-2,4-6,10,16,19H,3,7-9,11-13H2/t16-/m1/s1. The lowest BCUT2D eigenvalue weighted by atomic mass is 10.1. The molecule has 0 amide bonds. The van der Waals surface area contributed by atoms with Gasteiger partial charge in [0.2, 0.25) is 10.0 Å². The maximum absolute atomic E-state index is 12.1. The molecule has 3 rings (SSSR count). The molecule has 2 aromatic rings. The molecule has 1 fully saturated rings. The third kappa shape index (κ3) is 4.50. The number of ether oxygens (including phenoxy) is 1. The van der Waals surface area contributed by atoms with Gasteiger partial charge in [-0.05, 0) is 37.3 Å². The molecular formula is C17H22N2O3S. The number of nitrogens with zero attached hydrogens (tertiary/aromatic N) is 1. The molecule has 23 heavy (non-hydrogen) atoms. The van der Waals surface area contributed by atoms with E-state index in [0.29, 0.717) is 19.4 Å². The van der Waals surface area contributed by atoms with Crippen molar-refractivity contribution in [3.8, 4) is 0 Å². The molecule has 1 aliphatic heterocycles. The van der Waals surface area contributed by atoms with E-state index < -0.39 is 10.0 Å². The largest absolute Gasteiger partial charge is 0.378 e. The summed E-state index contributed by atoms with van der Waals surface area (Å²) >= 11 is 0. The lowest BCUT2D eigenvalue weighted by Gasteiger charge is -2.11. The van der Waals surface area contributed by atoms with Crippen LogP contribution in [0.3, 0.4) is 0 Å².